The number of anilines is 1. The van der Waals surface area contributed by atoms with Crippen LogP contribution in [0.15, 0.2) is 18.2 Å². The number of amides is 2. The van der Waals surface area contributed by atoms with Gasteiger partial charge in [0.2, 0.25) is 10.0 Å². The van der Waals surface area contributed by atoms with E-state index in [1.165, 1.54) is 11.3 Å². The minimum Gasteiger partial charge on any atom is -0.385 e. The Labute approximate surface area is 179 Å². The first-order valence-electron chi connectivity index (χ1n) is 11.1. The molecule has 0 bridgehead atoms. The number of fused-ring (bicyclic) bond motifs is 1. The van der Waals surface area contributed by atoms with Crippen molar-refractivity contribution in [1.82, 2.24) is 9.62 Å². The van der Waals surface area contributed by atoms with E-state index in [1.54, 1.807) is 26.0 Å². The zero-order valence-corrected chi connectivity index (χ0v) is 18.8. The minimum atomic E-state index is -3.19. The van der Waals surface area contributed by atoms with Gasteiger partial charge in [-0.25, -0.2) is 13.1 Å². The number of nitrogens with one attached hydrogen (secondary N) is 2. The second kappa shape index (κ2) is 9.92. The summed E-state index contributed by atoms with van der Waals surface area (Å²) in [6, 6.07) is 5.43. The molecule has 166 valence electrons. The Hall–Kier alpha value is -1.93. The summed E-state index contributed by atoms with van der Waals surface area (Å²) in [5.74, 6) is -0.319. The summed E-state index contributed by atoms with van der Waals surface area (Å²) in [7, 11) is -3.19. The van der Waals surface area contributed by atoms with Gasteiger partial charge in [-0.15, -0.1) is 0 Å². The van der Waals surface area contributed by atoms with Crippen molar-refractivity contribution < 1.29 is 18.0 Å². The van der Waals surface area contributed by atoms with Crippen LogP contribution in [0.3, 0.4) is 0 Å². The Morgan fingerprint density at radius 2 is 1.63 bits per heavy atom. The summed E-state index contributed by atoms with van der Waals surface area (Å²) in [5.41, 5.74) is 1.84. The highest BCUT2D eigenvalue weighted by molar-refractivity contribution is 7.90. The number of hydrogen-bond acceptors (Lipinski definition) is 5. The molecule has 3 rings (SSSR count). The number of imide groups is 1. The molecular formula is C22H33N3O4S. The molecule has 1 aromatic carbocycles. The van der Waals surface area contributed by atoms with Crippen LogP contribution in [0.4, 0.5) is 5.69 Å². The normalized spacial score (nSPS) is 17.6. The Morgan fingerprint density at radius 3 is 2.33 bits per heavy atom. The molecular weight excluding hydrogens is 402 g/mol. The number of benzene rings is 1. The summed E-state index contributed by atoms with van der Waals surface area (Å²) in [6.07, 6.45) is 7.70. The molecule has 0 aromatic heterocycles. The van der Waals surface area contributed by atoms with Gasteiger partial charge in [-0.2, -0.15) is 0 Å². The standard InChI is InChI=1S/C22H33N3O4S/c1-16(2)30(28,29)24-14-8-4-7-13-23-17-11-12-19-20(15-17)22(27)25(21(19)26)18-9-5-3-6-10-18/h11-12,15-16,18,23-24H,3-10,13-14H2,1-2H3. The van der Waals surface area contributed by atoms with E-state index >= 15 is 0 Å². The largest absolute Gasteiger partial charge is 0.385 e. The van der Waals surface area contributed by atoms with E-state index in [1.807, 2.05) is 6.07 Å². The fraction of sp³-hybridized carbons (Fsp3) is 0.636. The number of unbranched alkanes of at least 4 members (excludes halogenated alkanes) is 2. The van der Waals surface area contributed by atoms with Crippen molar-refractivity contribution in [3.63, 3.8) is 0 Å². The molecule has 30 heavy (non-hydrogen) atoms. The number of carbonyl (C=O) groups excluding carboxylic acids is 2. The first-order valence-corrected chi connectivity index (χ1v) is 12.6. The lowest BCUT2D eigenvalue weighted by Crippen LogP contribution is -2.40. The number of hydrogen-bond donors (Lipinski definition) is 2. The predicted octanol–water partition coefficient (Wildman–Crippen LogP) is 3.53. The Kier molecular flexibility index (Phi) is 7.52. The third-order valence-electron chi connectivity index (χ3n) is 5.96. The van der Waals surface area contributed by atoms with Crippen LogP contribution in [-0.2, 0) is 10.0 Å². The van der Waals surface area contributed by atoms with E-state index in [0.29, 0.717) is 17.7 Å². The van der Waals surface area contributed by atoms with Crippen LogP contribution >= 0.6 is 0 Å². The van der Waals surface area contributed by atoms with E-state index in [0.717, 1.165) is 57.2 Å². The molecule has 1 aromatic rings. The number of nitrogens with zero attached hydrogens (tertiary/aromatic N) is 1. The third-order valence-corrected chi connectivity index (χ3v) is 7.81. The zero-order valence-electron chi connectivity index (χ0n) is 17.9. The maximum atomic E-state index is 12.9. The average Bonchev–Trinajstić information content (AvgIpc) is 2.97. The third kappa shape index (κ3) is 5.21. The highest BCUT2D eigenvalue weighted by Crippen LogP contribution is 2.32. The SMILES string of the molecule is CC(C)S(=O)(=O)NCCCCCNc1ccc2c(c1)C(=O)N(C1CCCCC1)C2=O. The molecule has 0 spiro atoms. The van der Waals surface area contributed by atoms with Gasteiger partial charge in [0.25, 0.3) is 11.8 Å². The van der Waals surface area contributed by atoms with Crippen molar-refractivity contribution in [3.8, 4) is 0 Å². The molecule has 7 nitrogen and oxygen atoms in total. The first-order chi connectivity index (χ1) is 14.3. The van der Waals surface area contributed by atoms with Crippen molar-refractivity contribution in [2.75, 3.05) is 18.4 Å². The molecule has 0 atom stereocenters. The van der Waals surface area contributed by atoms with Gasteiger partial charge in [-0.1, -0.05) is 25.7 Å². The quantitative estimate of drug-likeness (QED) is 0.433. The van der Waals surface area contributed by atoms with E-state index in [-0.39, 0.29) is 17.9 Å². The smallest absolute Gasteiger partial charge is 0.261 e. The van der Waals surface area contributed by atoms with Crippen LogP contribution in [0.2, 0.25) is 0 Å². The molecule has 0 unspecified atom stereocenters. The maximum absolute atomic E-state index is 12.9. The molecule has 1 aliphatic carbocycles. The van der Waals surface area contributed by atoms with Crippen molar-refractivity contribution in [2.24, 2.45) is 0 Å². The Morgan fingerprint density at radius 1 is 0.967 bits per heavy atom. The van der Waals surface area contributed by atoms with Gasteiger partial charge in [0.15, 0.2) is 0 Å². The van der Waals surface area contributed by atoms with Crippen LogP contribution in [-0.4, -0.2) is 49.5 Å². The highest BCUT2D eigenvalue weighted by Gasteiger charge is 2.40. The molecule has 2 N–H and O–H groups in total. The fourth-order valence-electron chi connectivity index (χ4n) is 4.08. The van der Waals surface area contributed by atoms with Gasteiger partial charge in [0, 0.05) is 24.8 Å². The van der Waals surface area contributed by atoms with Crippen molar-refractivity contribution in [1.29, 1.82) is 0 Å². The van der Waals surface area contributed by atoms with Crippen molar-refractivity contribution in [3.05, 3.63) is 29.3 Å². The molecule has 1 fully saturated rings. The molecule has 1 heterocycles. The second-order valence-electron chi connectivity index (χ2n) is 8.51. The Balaban J connectivity index is 1.46. The van der Waals surface area contributed by atoms with Crippen LogP contribution in [0.5, 0.6) is 0 Å². The molecule has 1 saturated carbocycles. The predicted molar refractivity (Wildman–Crippen MR) is 118 cm³/mol. The van der Waals surface area contributed by atoms with Crippen molar-refractivity contribution >= 4 is 27.5 Å². The summed E-state index contributed by atoms with van der Waals surface area (Å²) < 4.78 is 26.0. The lowest BCUT2D eigenvalue weighted by atomic mass is 9.94. The summed E-state index contributed by atoms with van der Waals surface area (Å²) in [5, 5.41) is 2.89. The maximum Gasteiger partial charge on any atom is 0.261 e. The lowest BCUT2D eigenvalue weighted by molar-refractivity contribution is 0.0549. The first kappa shape index (κ1) is 22.7. The van der Waals surface area contributed by atoms with Crippen LogP contribution in [0.1, 0.15) is 85.9 Å². The van der Waals surface area contributed by atoms with Gasteiger partial charge in [-0.3, -0.25) is 14.5 Å². The molecule has 0 radical (unpaired) electrons. The van der Waals surface area contributed by atoms with Gasteiger partial charge in [-0.05, 0) is 57.7 Å². The highest BCUT2D eigenvalue weighted by atomic mass is 32.2. The number of sulfonamides is 1. The molecule has 1 aliphatic heterocycles. The van der Waals surface area contributed by atoms with E-state index in [4.69, 9.17) is 0 Å². The van der Waals surface area contributed by atoms with E-state index in [9.17, 15) is 18.0 Å². The summed E-state index contributed by atoms with van der Waals surface area (Å²) in [4.78, 5) is 27.1. The van der Waals surface area contributed by atoms with E-state index in [2.05, 4.69) is 10.0 Å². The van der Waals surface area contributed by atoms with Gasteiger partial charge in [0.05, 0.1) is 16.4 Å². The topological polar surface area (TPSA) is 95.6 Å². The second-order valence-corrected chi connectivity index (χ2v) is 10.8. The van der Waals surface area contributed by atoms with Crippen LogP contribution < -0.4 is 10.0 Å². The molecule has 8 heteroatoms. The average molecular weight is 436 g/mol. The van der Waals surface area contributed by atoms with Gasteiger partial charge < -0.3 is 5.32 Å². The monoisotopic (exact) mass is 435 g/mol. The van der Waals surface area contributed by atoms with Gasteiger partial charge in [0.1, 0.15) is 0 Å². The Bertz CT molecular complexity index is 876. The van der Waals surface area contributed by atoms with Crippen LogP contribution in [0, 0.1) is 0 Å². The van der Waals surface area contributed by atoms with E-state index < -0.39 is 15.3 Å². The lowest BCUT2D eigenvalue weighted by Gasteiger charge is -2.29. The molecule has 2 amide bonds. The van der Waals surface area contributed by atoms with Crippen molar-refractivity contribution in [2.45, 2.75) is 76.5 Å². The number of carbonyl (C=O) groups is 2. The molecule has 2 aliphatic rings. The minimum absolute atomic E-state index is 0.0377. The molecule has 0 saturated heterocycles. The zero-order chi connectivity index (χ0) is 21.7. The number of rotatable bonds is 10. The summed E-state index contributed by atoms with van der Waals surface area (Å²) in [6.45, 7) is 4.50. The summed E-state index contributed by atoms with van der Waals surface area (Å²) >= 11 is 0. The fourth-order valence-corrected chi connectivity index (χ4v) is 4.84. The van der Waals surface area contributed by atoms with Gasteiger partial charge >= 0.3 is 0 Å². The van der Waals surface area contributed by atoms with Crippen LogP contribution in [0.25, 0.3) is 0 Å².